The van der Waals surface area contributed by atoms with Crippen molar-refractivity contribution in [2.45, 2.75) is 0 Å². The first-order valence-electron chi connectivity index (χ1n) is 8.92. The monoisotopic (exact) mass is 500 g/mol. The Morgan fingerprint density at radius 2 is 1.14 bits per heavy atom. The Labute approximate surface area is 191 Å². The second-order valence-electron chi connectivity index (χ2n) is 5.46. The van der Waals surface area contributed by atoms with Crippen LogP contribution in [-0.2, 0) is 18.9 Å². The summed E-state index contributed by atoms with van der Waals surface area (Å²) >= 11 is 10.8. The minimum absolute atomic E-state index is 0.114. The van der Waals surface area contributed by atoms with Crippen molar-refractivity contribution in [1.29, 1.82) is 0 Å². The summed E-state index contributed by atoms with van der Waals surface area (Å²) in [6.45, 7) is 5.17. The van der Waals surface area contributed by atoms with Crippen molar-refractivity contribution >= 4 is 70.6 Å². The molecule has 0 fully saturated rings. The second kappa shape index (κ2) is 14.2. The fourth-order valence-electron chi connectivity index (χ4n) is 2.13. The first kappa shape index (κ1) is 23.8. The van der Waals surface area contributed by atoms with Crippen LogP contribution in [0.4, 0.5) is 0 Å². The lowest BCUT2D eigenvalue weighted by molar-refractivity contribution is 0.00147. The number of aliphatic hydroxyl groups is 1. The second-order valence-corrected chi connectivity index (χ2v) is 12.8. The van der Waals surface area contributed by atoms with Gasteiger partial charge in [-0.3, -0.25) is 0 Å². The molecule has 0 spiro atoms. The summed E-state index contributed by atoms with van der Waals surface area (Å²) in [7, 11) is 0. The summed E-state index contributed by atoms with van der Waals surface area (Å²) in [5.74, 6) is 1.85. The SMILES string of the molecule is OCC1=CSC(=C2SC3=C(SCCOCCOCCOCCOCCS3)S2)S1. The van der Waals surface area contributed by atoms with E-state index in [4.69, 9.17) is 18.9 Å². The molecule has 0 aromatic heterocycles. The largest absolute Gasteiger partial charge is 0.391 e. The number of aliphatic hydroxyl groups excluding tert-OH is 1. The molecule has 3 aliphatic rings. The van der Waals surface area contributed by atoms with Gasteiger partial charge >= 0.3 is 0 Å². The number of thioether (sulfide) groups is 6. The van der Waals surface area contributed by atoms with Crippen LogP contribution < -0.4 is 0 Å². The molecule has 11 heteroatoms. The van der Waals surface area contributed by atoms with Gasteiger partial charge in [0.15, 0.2) is 0 Å². The summed E-state index contributed by atoms with van der Waals surface area (Å²) < 4.78 is 27.6. The van der Waals surface area contributed by atoms with Crippen molar-refractivity contribution in [1.82, 2.24) is 0 Å². The molecule has 0 atom stereocenters. The summed E-state index contributed by atoms with van der Waals surface area (Å²) in [5.41, 5.74) is 0. The molecule has 5 nitrogen and oxygen atoms in total. The van der Waals surface area contributed by atoms with E-state index in [9.17, 15) is 5.11 Å². The molecule has 0 radical (unpaired) electrons. The predicted octanol–water partition coefficient (Wildman–Crippen LogP) is 4.58. The van der Waals surface area contributed by atoms with Crippen LogP contribution in [0.5, 0.6) is 0 Å². The van der Waals surface area contributed by atoms with Gasteiger partial charge in [0.25, 0.3) is 0 Å². The molecule has 0 amide bonds. The van der Waals surface area contributed by atoms with Crippen LogP contribution >= 0.6 is 70.6 Å². The van der Waals surface area contributed by atoms with Crippen molar-refractivity contribution in [3.05, 3.63) is 27.3 Å². The fraction of sp³-hybridized carbons (Fsp3) is 0.647. The standard InChI is InChI=1S/C17H24O5S6/c18-11-13-12-25-16(26-13)17-27-14-15(28-17)24-10-8-22-6-4-20-2-1-19-3-5-21-7-9-23-14/h12,18H,1-11H2. The van der Waals surface area contributed by atoms with E-state index >= 15 is 0 Å². The number of hydrogen-bond acceptors (Lipinski definition) is 11. The van der Waals surface area contributed by atoms with Crippen LogP contribution in [0.1, 0.15) is 0 Å². The van der Waals surface area contributed by atoms with Crippen LogP contribution in [0.2, 0.25) is 0 Å². The van der Waals surface area contributed by atoms with Crippen LogP contribution in [0.25, 0.3) is 0 Å². The van der Waals surface area contributed by atoms with E-state index in [0.29, 0.717) is 52.9 Å². The number of rotatable bonds is 1. The van der Waals surface area contributed by atoms with Gasteiger partial charge in [-0.1, -0.05) is 47.0 Å². The Bertz CT molecular complexity index is 563. The van der Waals surface area contributed by atoms with Gasteiger partial charge in [0.1, 0.15) is 0 Å². The third kappa shape index (κ3) is 8.33. The molecule has 158 valence electrons. The van der Waals surface area contributed by atoms with Gasteiger partial charge in [-0.2, -0.15) is 0 Å². The van der Waals surface area contributed by atoms with E-state index in [1.54, 1.807) is 23.5 Å². The van der Waals surface area contributed by atoms with E-state index in [1.165, 1.54) is 16.9 Å². The smallest absolute Gasteiger partial charge is 0.0749 e. The Balaban J connectivity index is 1.54. The normalized spacial score (nSPS) is 24.7. The first-order valence-corrected chi connectivity index (χ1v) is 14.2. The first-order chi connectivity index (χ1) is 13.9. The van der Waals surface area contributed by atoms with Crippen molar-refractivity contribution in [3.63, 3.8) is 0 Å². The Morgan fingerprint density at radius 1 is 0.643 bits per heavy atom. The molecule has 0 aliphatic carbocycles. The molecule has 3 rings (SSSR count). The van der Waals surface area contributed by atoms with Gasteiger partial charge in [0, 0.05) is 16.4 Å². The molecular formula is C17H24O5S6. The zero-order valence-corrected chi connectivity index (χ0v) is 20.3. The fourth-order valence-corrected chi connectivity index (χ4v) is 10.3. The Morgan fingerprint density at radius 3 is 1.61 bits per heavy atom. The van der Waals surface area contributed by atoms with Crippen LogP contribution in [-0.4, -0.2) is 76.1 Å². The zero-order valence-electron chi connectivity index (χ0n) is 15.4. The number of hydrogen-bond donors (Lipinski definition) is 1. The van der Waals surface area contributed by atoms with E-state index in [2.05, 4.69) is 0 Å². The molecule has 0 aromatic carbocycles. The molecule has 3 aliphatic heterocycles. The van der Waals surface area contributed by atoms with Crippen molar-refractivity contribution < 1.29 is 24.1 Å². The van der Waals surface area contributed by atoms with Gasteiger partial charge in [0.05, 0.1) is 76.4 Å². The Hall–Kier alpha value is 1.12. The lowest BCUT2D eigenvalue weighted by Gasteiger charge is -2.09. The van der Waals surface area contributed by atoms with Gasteiger partial charge in [-0.15, -0.1) is 23.5 Å². The summed E-state index contributed by atoms with van der Waals surface area (Å²) in [4.78, 5) is 1.02. The molecule has 0 saturated heterocycles. The molecule has 0 aromatic rings. The van der Waals surface area contributed by atoms with E-state index in [1.807, 2.05) is 52.5 Å². The summed E-state index contributed by atoms with van der Waals surface area (Å²) in [6, 6.07) is 0. The third-order valence-electron chi connectivity index (χ3n) is 3.42. The molecule has 28 heavy (non-hydrogen) atoms. The average molecular weight is 501 g/mol. The van der Waals surface area contributed by atoms with Crippen LogP contribution in [0, 0.1) is 0 Å². The van der Waals surface area contributed by atoms with E-state index in [0.717, 1.165) is 16.4 Å². The summed E-state index contributed by atoms with van der Waals surface area (Å²) in [5, 5.41) is 11.4. The quantitative estimate of drug-likeness (QED) is 0.550. The molecule has 0 saturated carbocycles. The van der Waals surface area contributed by atoms with Crippen molar-refractivity contribution in [2.75, 3.05) is 71.0 Å². The molecule has 0 bridgehead atoms. The number of ether oxygens (including phenoxy) is 4. The van der Waals surface area contributed by atoms with Crippen LogP contribution in [0.3, 0.4) is 0 Å². The highest BCUT2D eigenvalue weighted by Gasteiger charge is 2.27. The minimum atomic E-state index is 0.114. The molecule has 0 unspecified atom stereocenters. The maximum atomic E-state index is 9.34. The lowest BCUT2D eigenvalue weighted by Crippen LogP contribution is -2.13. The van der Waals surface area contributed by atoms with Crippen LogP contribution in [0.15, 0.2) is 27.3 Å². The highest BCUT2D eigenvalue weighted by atomic mass is 32.3. The van der Waals surface area contributed by atoms with Gasteiger partial charge in [-0.25, -0.2) is 0 Å². The lowest BCUT2D eigenvalue weighted by atomic mass is 10.7. The Kier molecular flexibility index (Phi) is 12.1. The van der Waals surface area contributed by atoms with Crippen molar-refractivity contribution in [2.24, 2.45) is 0 Å². The minimum Gasteiger partial charge on any atom is -0.391 e. The topological polar surface area (TPSA) is 57.2 Å². The molecular weight excluding hydrogens is 477 g/mol. The maximum Gasteiger partial charge on any atom is 0.0749 e. The van der Waals surface area contributed by atoms with Gasteiger partial charge in [-0.05, 0) is 5.41 Å². The van der Waals surface area contributed by atoms with Crippen molar-refractivity contribution in [3.8, 4) is 0 Å². The highest BCUT2D eigenvalue weighted by Crippen LogP contribution is 2.62. The van der Waals surface area contributed by atoms with E-state index < -0.39 is 0 Å². The average Bonchev–Trinajstić information content (AvgIpc) is 3.34. The third-order valence-corrected chi connectivity index (χ3v) is 11.8. The predicted molar refractivity (Wildman–Crippen MR) is 128 cm³/mol. The molecule has 3 heterocycles. The van der Waals surface area contributed by atoms with Gasteiger partial charge in [0.2, 0.25) is 0 Å². The highest BCUT2D eigenvalue weighted by molar-refractivity contribution is 8.42. The summed E-state index contributed by atoms with van der Waals surface area (Å²) in [6.07, 6.45) is 0. The molecule has 1 N–H and O–H groups in total. The van der Waals surface area contributed by atoms with Gasteiger partial charge < -0.3 is 24.1 Å². The zero-order chi connectivity index (χ0) is 19.4. The van der Waals surface area contributed by atoms with E-state index in [-0.39, 0.29) is 6.61 Å². The maximum absolute atomic E-state index is 9.34.